The zero-order chi connectivity index (χ0) is 10.2. The van der Waals surface area contributed by atoms with E-state index < -0.39 is 0 Å². The normalized spacial score (nSPS) is 22.8. The zero-order valence-electron chi connectivity index (χ0n) is 9.47. The van der Waals surface area contributed by atoms with Gasteiger partial charge in [-0.15, -0.1) is 6.58 Å². The molecule has 1 atom stereocenters. The van der Waals surface area contributed by atoms with Gasteiger partial charge in [0, 0.05) is 26.2 Å². The van der Waals surface area contributed by atoms with Gasteiger partial charge in [0.1, 0.15) is 0 Å². The molecule has 1 rings (SSSR count). The summed E-state index contributed by atoms with van der Waals surface area (Å²) < 4.78 is 0. The lowest BCUT2D eigenvalue weighted by Gasteiger charge is -2.15. The van der Waals surface area contributed by atoms with E-state index in [4.69, 9.17) is 0 Å². The van der Waals surface area contributed by atoms with Crippen LogP contribution >= 0.6 is 0 Å². The summed E-state index contributed by atoms with van der Waals surface area (Å²) in [6.07, 6.45) is 6.09. The fraction of sp³-hybridized carbons (Fsp3) is 0.833. The van der Waals surface area contributed by atoms with Crippen LogP contribution < -0.4 is 5.32 Å². The number of hydrogen-bond acceptors (Lipinski definition) is 2. The first kappa shape index (κ1) is 11.7. The van der Waals surface area contributed by atoms with Crippen molar-refractivity contribution in [2.24, 2.45) is 5.92 Å². The molecular formula is C12H24N2. The molecular weight excluding hydrogens is 172 g/mol. The summed E-state index contributed by atoms with van der Waals surface area (Å²) >= 11 is 0. The molecule has 0 spiro atoms. The molecule has 2 heteroatoms. The van der Waals surface area contributed by atoms with Gasteiger partial charge in [0.15, 0.2) is 0 Å². The molecule has 2 nitrogen and oxygen atoms in total. The molecule has 14 heavy (non-hydrogen) atoms. The van der Waals surface area contributed by atoms with E-state index in [2.05, 4.69) is 23.7 Å². The van der Waals surface area contributed by atoms with E-state index in [0.29, 0.717) is 0 Å². The Hall–Kier alpha value is -0.340. The maximum atomic E-state index is 3.69. The third-order valence-electron chi connectivity index (χ3n) is 2.96. The van der Waals surface area contributed by atoms with Gasteiger partial charge in [-0.25, -0.2) is 0 Å². The van der Waals surface area contributed by atoms with Crippen molar-refractivity contribution in [3.63, 3.8) is 0 Å². The number of hydrogen-bond donors (Lipinski definition) is 1. The van der Waals surface area contributed by atoms with Crippen LogP contribution in [0.25, 0.3) is 0 Å². The number of rotatable bonds is 7. The SMILES string of the molecule is C=CCNCCN1CCC(CCC)C1. The molecule has 1 unspecified atom stereocenters. The van der Waals surface area contributed by atoms with E-state index in [1.165, 1.54) is 38.9 Å². The molecule has 1 aliphatic rings. The van der Waals surface area contributed by atoms with Gasteiger partial charge in [-0.05, 0) is 25.3 Å². The first-order valence-electron chi connectivity index (χ1n) is 5.90. The van der Waals surface area contributed by atoms with Gasteiger partial charge in [-0.2, -0.15) is 0 Å². The predicted molar refractivity (Wildman–Crippen MR) is 62.5 cm³/mol. The van der Waals surface area contributed by atoms with Crippen LogP contribution in [0.15, 0.2) is 12.7 Å². The summed E-state index contributed by atoms with van der Waals surface area (Å²) in [5, 5.41) is 3.35. The molecule has 0 bridgehead atoms. The molecule has 1 aliphatic heterocycles. The van der Waals surface area contributed by atoms with Crippen molar-refractivity contribution in [2.45, 2.75) is 26.2 Å². The van der Waals surface area contributed by atoms with Crippen LogP contribution in [0.5, 0.6) is 0 Å². The Balaban J connectivity index is 2.01. The molecule has 0 aliphatic carbocycles. The van der Waals surface area contributed by atoms with Gasteiger partial charge in [0.25, 0.3) is 0 Å². The van der Waals surface area contributed by atoms with Crippen LogP contribution in [-0.2, 0) is 0 Å². The molecule has 1 fully saturated rings. The highest BCUT2D eigenvalue weighted by molar-refractivity contribution is 4.76. The van der Waals surface area contributed by atoms with Crippen molar-refractivity contribution < 1.29 is 0 Å². The average molecular weight is 196 g/mol. The predicted octanol–water partition coefficient (Wildman–Crippen LogP) is 1.88. The van der Waals surface area contributed by atoms with Crippen molar-refractivity contribution in [1.82, 2.24) is 10.2 Å². The number of nitrogens with one attached hydrogen (secondary N) is 1. The molecule has 0 aromatic carbocycles. The van der Waals surface area contributed by atoms with E-state index in [9.17, 15) is 0 Å². The second-order valence-corrected chi connectivity index (χ2v) is 4.24. The summed E-state index contributed by atoms with van der Waals surface area (Å²) in [7, 11) is 0. The van der Waals surface area contributed by atoms with E-state index in [1.54, 1.807) is 0 Å². The van der Waals surface area contributed by atoms with E-state index in [-0.39, 0.29) is 0 Å². The molecule has 0 aromatic heterocycles. The monoisotopic (exact) mass is 196 g/mol. The number of likely N-dealkylation sites (tertiary alicyclic amines) is 1. The zero-order valence-corrected chi connectivity index (χ0v) is 9.47. The van der Waals surface area contributed by atoms with Gasteiger partial charge in [0.2, 0.25) is 0 Å². The summed E-state index contributed by atoms with van der Waals surface area (Å²) in [4.78, 5) is 2.58. The highest BCUT2D eigenvalue weighted by Gasteiger charge is 2.20. The molecule has 0 saturated carbocycles. The largest absolute Gasteiger partial charge is 0.312 e. The second-order valence-electron chi connectivity index (χ2n) is 4.24. The maximum Gasteiger partial charge on any atom is 0.0132 e. The third kappa shape index (κ3) is 4.25. The molecule has 0 amide bonds. The van der Waals surface area contributed by atoms with Crippen molar-refractivity contribution in [3.05, 3.63) is 12.7 Å². The fourth-order valence-corrected chi connectivity index (χ4v) is 2.20. The minimum atomic E-state index is 0.937. The Bertz CT molecular complexity index is 156. The lowest BCUT2D eigenvalue weighted by molar-refractivity contribution is 0.320. The van der Waals surface area contributed by atoms with Crippen molar-refractivity contribution in [3.8, 4) is 0 Å². The maximum absolute atomic E-state index is 3.69. The molecule has 0 radical (unpaired) electrons. The molecule has 82 valence electrons. The van der Waals surface area contributed by atoms with E-state index in [0.717, 1.165) is 19.0 Å². The van der Waals surface area contributed by atoms with E-state index in [1.807, 2.05) is 6.08 Å². The fourth-order valence-electron chi connectivity index (χ4n) is 2.20. The van der Waals surface area contributed by atoms with Gasteiger partial charge in [-0.3, -0.25) is 0 Å². The minimum absolute atomic E-state index is 0.937. The molecule has 1 saturated heterocycles. The molecule has 1 N–H and O–H groups in total. The highest BCUT2D eigenvalue weighted by atomic mass is 15.2. The Labute approximate surface area is 88.4 Å². The summed E-state index contributed by atoms with van der Waals surface area (Å²) in [6.45, 7) is 11.8. The van der Waals surface area contributed by atoms with Gasteiger partial charge in [0.05, 0.1) is 0 Å². The van der Waals surface area contributed by atoms with Gasteiger partial charge in [-0.1, -0.05) is 19.4 Å². The Kier molecular flexibility index (Phi) is 5.88. The first-order chi connectivity index (χ1) is 6.86. The van der Waals surface area contributed by atoms with Crippen LogP contribution in [0.2, 0.25) is 0 Å². The lowest BCUT2D eigenvalue weighted by atomic mass is 10.0. The average Bonchev–Trinajstić information content (AvgIpc) is 2.61. The third-order valence-corrected chi connectivity index (χ3v) is 2.96. The standard InChI is InChI=1S/C12H24N2/c1-3-5-12-6-9-14(11-12)10-8-13-7-4-2/h4,12-13H,2-3,5-11H2,1H3. The Morgan fingerprint density at radius 3 is 3.14 bits per heavy atom. The summed E-state index contributed by atoms with van der Waals surface area (Å²) in [5.74, 6) is 0.972. The Morgan fingerprint density at radius 2 is 2.43 bits per heavy atom. The second kappa shape index (κ2) is 7.02. The van der Waals surface area contributed by atoms with Crippen LogP contribution in [0.3, 0.4) is 0 Å². The van der Waals surface area contributed by atoms with Crippen LogP contribution in [0.1, 0.15) is 26.2 Å². The molecule has 0 aromatic rings. The van der Waals surface area contributed by atoms with E-state index >= 15 is 0 Å². The molecule has 1 heterocycles. The van der Waals surface area contributed by atoms with Crippen LogP contribution in [0.4, 0.5) is 0 Å². The van der Waals surface area contributed by atoms with Crippen molar-refractivity contribution >= 4 is 0 Å². The summed E-state index contributed by atoms with van der Waals surface area (Å²) in [5.41, 5.74) is 0. The van der Waals surface area contributed by atoms with Crippen LogP contribution in [-0.4, -0.2) is 37.6 Å². The lowest BCUT2D eigenvalue weighted by Crippen LogP contribution is -2.30. The smallest absolute Gasteiger partial charge is 0.0132 e. The Morgan fingerprint density at radius 1 is 1.57 bits per heavy atom. The topological polar surface area (TPSA) is 15.3 Å². The summed E-state index contributed by atoms with van der Waals surface area (Å²) in [6, 6.07) is 0. The van der Waals surface area contributed by atoms with Gasteiger partial charge < -0.3 is 10.2 Å². The quantitative estimate of drug-likeness (QED) is 0.494. The van der Waals surface area contributed by atoms with Crippen LogP contribution in [0, 0.1) is 5.92 Å². The van der Waals surface area contributed by atoms with Gasteiger partial charge >= 0.3 is 0 Å². The van der Waals surface area contributed by atoms with Crippen molar-refractivity contribution in [1.29, 1.82) is 0 Å². The van der Waals surface area contributed by atoms with Crippen molar-refractivity contribution in [2.75, 3.05) is 32.7 Å². The highest BCUT2D eigenvalue weighted by Crippen LogP contribution is 2.19. The minimum Gasteiger partial charge on any atom is -0.312 e. The first-order valence-corrected chi connectivity index (χ1v) is 5.90. The number of nitrogens with zero attached hydrogens (tertiary/aromatic N) is 1.